The van der Waals surface area contributed by atoms with Gasteiger partial charge < -0.3 is 30.4 Å². The number of aliphatic hydroxyl groups excluding tert-OH is 2. The molecular formula is C25H43ClFN3O8. The average molecular weight is 568 g/mol. The van der Waals surface area contributed by atoms with Crippen LogP contribution in [-0.4, -0.2) is 71.1 Å². The van der Waals surface area contributed by atoms with Gasteiger partial charge in [0.05, 0.1) is 6.61 Å². The molecule has 1 fully saturated rings. The lowest BCUT2D eigenvalue weighted by Crippen LogP contribution is -2.69. The number of alkyl halides is 1. The highest BCUT2D eigenvalue weighted by Gasteiger charge is 2.71. The molecule has 1 saturated heterocycles. The lowest BCUT2D eigenvalue weighted by Gasteiger charge is -2.43. The van der Waals surface area contributed by atoms with Crippen LogP contribution in [-0.2, 0) is 10.6 Å². The van der Waals surface area contributed by atoms with Crippen LogP contribution in [0.1, 0.15) is 96.8 Å². The standard InChI is InChI=1S/C25H43ClFN3O8/c1-2-3-4-5-6-7-8-9-10-11-12-13-14-15-20(27)30(37)24(35)21(32)19(17-31)38-25(24,36)29-16-18(26)22(33)28-23(29)34/h16,19-21,31-32,35-37H,2-15,17H2,1H3,(H,28,33,34)/t19-,20?,21-,24-,25-/m1/s1. The largest absolute Gasteiger partial charge is 0.394 e. The van der Waals surface area contributed by atoms with Crippen molar-refractivity contribution in [1.82, 2.24) is 14.6 Å². The van der Waals surface area contributed by atoms with E-state index in [2.05, 4.69) is 6.92 Å². The van der Waals surface area contributed by atoms with Crippen LogP contribution < -0.4 is 11.2 Å². The zero-order valence-electron chi connectivity index (χ0n) is 22.0. The fourth-order valence-electron chi connectivity index (χ4n) is 4.81. The Morgan fingerprint density at radius 2 is 1.55 bits per heavy atom. The fourth-order valence-corrected chi connectivity index (χ4v) is 4.95. The van der Waals surface area contributed by atoms with Gasteiger partial charge in [-0.1, -0.05) is 95.6 Å². The molecule has 2 heterocycles. The molecule has 0 aromatic carbocycles. The quantitative estimate of drug-likeness (QED) is 0.0676. The second-order valence-electron chi connectivity index (χ2n) is 10.0. The first-order valence-electron chi connectivity index (χ1n) is 13.6. The third-order valence-electron chi connectivity index (χ3n) is 7.13. The van der Waals surface area contributed by atoms with Crippen LogP contribution in [0.25, 0.3) is 0 Å². The summed E-state index contributed by atoms with van der Waals surface area (Å²) in [5.74, 6) is -3.32. The number of unbranched alkanes of at least 4 members (excludes halogenated alkanes) is 12. The van der Waals surface area contributed by atoms with Crippen LogP contribution in [0.3, 0.4) is 0 Å². The molecule has 1 unspecified atom stereocenters. The highest BCUT2D eigenvalue weighted by Crippen LogP contribution is 2.44. The molecule has 5 atom stereocenters. The van der Waals surface area contributed by atoms with Crippen LogP contribution in [0.4, 0.5) is 4.39 Å². The van der Waals surface area contributed by atoms with Gasteiger partial charge in [-0.3, -0.25) is 9.78 Å². The maximum atomic E-state index is 15.0. The van der Waals surface area contributed by atoms with Gasteiger partial charge in [-0.25, -0.2) is 13.8 Å². The van der Waals surface area contributed by atoms with E-state index in [1.54, 1.807) is 4.98 Å². The lowest BCUT2D eigenvalue weighted by molar-refractivity contribution is -0.428. The van der Waals surface area contributed by atoms with E-state index in [0.29, 0.717) is 19.0 Å². The van der Waals surface area contributed by atoms with Crippen LogP contribution >= 0.6 is 11.6 Å². The van der Waals surface area contributed by atoms with Crippen LogP contribution in [0.2, 0.25) is 5.02 Å². The van der Waals surface area contributed by atoms with E-state index < -0.39 is 53.0 Å². The van der Waals surface area contributed by atoms with Gasteiger partial charge >= 0.3 is 11.6 Å². The predicted molar refractivity (Wildman–Crippen MR) is 138 cm³/mol. The number of hydroxylamine groups is 2. The number of hydrogen-bond acceptors (Lipinski definition) is 9. The summed E-state index contributed by atoms with van der Waals surface area (Å²) in [5.41, 5.74) is -5.68. The van der Waals surface area contributed by atoms with E-state index >= 15 is 4.39 Å². The number of aliphatic hydroxyl groups is 4. The zero-order valence-corrected chi connectivity index (χ0v) is 22.8. The lowest BCUT2D eigenvalue weighted by atomic mass is 9.99. The second-order valence-corrected chi connectivity index (χ2v) is 10.4. The number of halogens is 2. The minimum Gasteiger partial charge on any atom is -0.394 e. The first-order valence-corrected chi connectivity index (χ1v) is 14.0. The number of H-pyrrole nitrogens is 1. The number of hydrogen-bond donors (Lipinski definition) is 6. The number of nitrogens with zero attached hydrogens (tertiary/aromatic N) is 2. The van der Waals surface area contributed by atoms with Crippen molar-refractivity contribution in [2.24, 2.45) is 0 Å². The Hall–Kier alpha value is -1.38. The molecule has 1 aromatic rings. The summed E-state index contributed by atoms with van der Waals surface area (Å²) < 4.78 is 20.3. The molecule has 0 spiro atoms. The Bertz CT molecular complexity index is 965. The summed E-state index contributed by atoms with van der Waals surface area (Å²) in [7, 11) is 0. The smallest absolute Gasteiger partial charge is 0.332 e. The molecule has 220 valence electrons. The molecule has 6 N–H and O–H groups in total. The number of aromatic nitrogens is 2. The molecule has 1 aromatic heterocycles. The van der Waals surface area contributed by atoms with E-state index in [1.807, 2.05) is 0 Å². The topological polar surface area (TPSA) is 168 Å². The summed E-state index contributed by atoms with van der Waals surface area (Å²) >= 11 is 5.72. The van der Waals surface area contributed by atoms with E-state index in [0.717, 1.165) is 25.7 Å². The van der Waals surface area contributed by atoms with Gasteiger partial charge in [-0.15, -0.1) is 5.06 Å². The van der Waals surface area contributed by atoms with Crippen molar-refractivity contribution >= 4 is 11.6 Å². The van der Waals surface area contributed by atoms with Gasteiger partial charge in [0.1, 0.15) is 17.2 Å². The van der Waals surface area contributed by atoms with Crippen LogP contribution in [0.5, 0.6) is 0 Å². The molecule has 0 bridgehead atoms. The normalized spacial score (nSPS) is 26.3. The van der Waals surface area contributed by atoms with E-state index in [1.165, 1.54) is 44.9 Å². The predicted octanol–water partition coefficient (Wildman–Crippen LogP) is 2.70. The summed E-state index contributed by atoms with van der Waals surface area (Å²) in [5, 5.41) is 52.0. The molecule has 1 aliphatic rings. The molecule has 13 heteroatoms. The first-order chi connectivity index (χ1) is 18.0. The molecular weight excluding hydrogens is 525 g/mol. The minimum absolute atomic E-state index is 0.205. The molecule has 0 amide bonds. The summed E-state index contributed by atoms with van der Waals surface area (Å²) in [6.45, 7) is 1.25. The van der Waals surface area contributed by atoms with Crippen molar-refractivity contribution in [1.29, 1.82) is 0 Å². The van der Waals surface area contributed by atoms with E-state index in [-0.39, 0.29) is 16.1 Å². The van der Waals surface area contributed by atoms with Gasteiger partial charge in [0, 0.05) is 6.20 Å². The number of aromatic amines is 1. The van der Waals surface area contributed by atoms with E-state index in [9.17, 15) is 35.2 Å². The van der Waals surface area contributed by atoms with Crippen molar-refractivity contribution in [2.75, 3.05) is 6.61 Å². The second kappa shape index (κ2) is 15.4. The number of nitrogens with one attached hydrogen (secondary N) is 1. The van der Waals surface area contributed by atoms with Crippen molar-refractivity contribution < 1.29 is 34.8 Å². The molecule has 2 rings (SSSR count). The average Bonchev–Trinajstić information content (AvgIpc) is 3.10. The number of ether oxygens (including phenoxy) is 1. The molecule has 0 saturated carbocycles. The monoisotopic (exact) mass is 567 g/mol. The molecule has 1 aliphatic heterocycles. The Labute approximate surface area is 226 Å². The van der Waals surface area contributed by atoms with Crippen molar-refractivity contribution in [3.05, 3.63) is 32.1 Å². The van der Waals surface area contributed by atoms with Crippen molar-refractivity contribution in [2.45, 2.75) is 127 Å². The Kier molecular flexibility index (Phi) is 13.3. The van der Waals surface area contributed by atoms with Crippen molar-refractivity contribution in [3.63, 3.8) is 0 Å². The molecule has 38 heavy (non-hydrogen) atoms. The SMILES string of the molecule is CCCCCCCCCCCCCCCC(F)N(O)[C@@]1(O)[C@H](O)[C@@H](CO)O[C@@]1(O)n1cc(Cl)c(=O)[nH]c1=O. The van der Waals surface area contributed by atoms with Gasteiger partial charge in [-0.2, -0.15) is 0 Å². The van der Waals surface area contributed by atoms with Gasteiger partial charge in [-0.05, 0) is 12.8 Å². The summed E-state index contributed by atoms with van der Waals surface area (Å²) in [4.78, 5) is 25.7. The van der Waals surface area contributed by atoms with Crippen LogP contribution in [0.15, 0.2) is 15.8 Å². The van der Waals surface area contributed by atoms with Crippen LogP contribution in [0, 0.1) is 0 Å². The highest BCUT2D eigenvalue weighted by molar-refractivity contribution is 6.30. The maximum Gasteiger partial charge on any atom is 0.332 e. The Balaban J connectivity index is 1.90. The maximum absolute atomic E-state index is 15.0. The highest BCUT2D eigenvalue weighted by atomic mass is 35.5. The van der Waals surface area contributed by atoms with Gasteiger partial charge in [0.25, 0.3) is 5.56 Å². The Morgan fingerprint density at radius 1 is 1.05 bits per heavy atom. The number of rotatable bonds is 18. The summed E-state index contributed by atoms with van der Waals surface area (Å²) in [6, 6.07) is 0. The third-order valence-corrected chi connectivity index (χ3v) is 7.39. The van der Waals surface area contributed by atoms with Gasteiger partial charge in [0.2, 0.25) is 5.72 Å². The molecule has 0 radical (unpaired) electrons. The Morgan fingerprint density at radius 3 is 2.05 bits per heavy atom. The summed E-state index contributed by atoms with van der Waals surface area (Å²) in [6.07, 6.45) is 8.11. The van der Waals surface area contributed by atoms with Gasteiger partial charge in [0.15, 0.2) is 6.30 Å². The van der Waals surface area contributed by atoms with E-state index in [4.69, 9.17) is 16.3 Å². The molecule has 11 nitrogen and oxygen atoms in total. The zero-order chi connectivity index (χ0) is 28.3. The first kappa shape index (κ1) is 32.8. The third kappa shape index (κ3) is 7.63. The molecule has 0 aliphatic carbocycles. The minimum atomic E-state index is -3.35. The van der Waals surface area contributed by atoms with Crippen molar-refractivity contribution in [3.8, 4) is 0 Å². The fraction of sp³-hybridized carbons (Fsp3) is 0.840.